The van der Waals surface area contributed by atoms with Crippen LogP contribution < -0.4 is 15.4 Å². The zero-order valence-corrected chi connectivity index (χ0v) is 15.4. The SMILES string of the molecule is CCCNCCOc1ccc(NC(=O)c2c[nH]c3c2C(=O)CCC3)c[14c]1F. The largest absolute Gasteiger partial charge is 0.489 e. The number of H-pyrrole nitrogens is 1. The van der Waals surface area contributed by atoms with Crippen molar-refractivity contribution in [1.29, 1.82) is 0 Å². The van der Waals surface area contributed by atoms with E-state index in [-0.39, 0.29) is 11.5 Å². The van der Waals surface area contributed by atoms with Crippen LogP contribution in [0.25, 0.3) is 0 Å². The fourth-order valence-electron chi connectivity index (χ4n) is 3.14. The summed E-state index contributed by atoms with van der Waals surface area (Å²) in [5.41, 5.74) is 1.87. The van der Waals surface area contributed by atoms with Gasteiger partial charge in [-0.2, -0.15) is 0 Å². The fraction of sp³-hybridized carbons (Fsp3) is 0.400. The molecule has 2 aromatic rings. The number of anilines is 1. The van der Waals surface area contributed by atoms with Gasteiger partial charge in [0.15, 0.2) is 17.3 Å². The van der Waals surface area contributed by atoms with Crippen LogP contribution in [0.2, 0.25) is 0 Å². The van der Waals surface area contributed by atoms with Crippen molar-refractivity contribution in [2.45, 2.75) is 32.6 Å². The Hall–Kier alpha value is -2.67. The van der Waals surface area contributed by atoms with Crippen LogP contribution in [0, 0.1) is 5.82 Å². The van der Waals surface area contributed by atoms with Crippen LogP contribution in [-0.2, 0) is 6.42 Å². The van der Waals surface area contributed by atoms with Gasteiger partial charge in [-0.25, -0.2) is 4.39 Å². The monoisotopic (exact) mass is 375 g/mol. The molecule has 3 N–H and O–H groups in total. The summed E-state index contributed by atoms with van der Waals surface area (Å²) >= 11 is 0. The van der Waals surface area contributed by atoms with Crippen molar-refractivity contribution in [3.05, 3.63) is 47.0 Å². The van der Waals surface area contributed by atoms with Crippen molar-refractivity contribution < 1.29 is 18.7 Å². The van der Waals surface area contributed by atoms with E-state index in [0.717, 1.165) is 31.5 Å². The molecule has 7 heteroatoms. The first-order valence-corrected chi connectivity index (χ1v) is 9.28. The number of fused-ring (bicyclic) bond motifs is 1. The van der Waals surface area contributed by atoms with Gasteiger partial charge in [0.05, 0.1) is 11.1 Å². The Morgan fingerprint density at radius 3 is 2.96 bits per heavy atom. The molecule has 6 nitrogen and oxygen atoms in total. The number of rotatable bonds is 8. The second kappa shape index (κ2) is 8.81. The van der Waals surface area contributed by atoms with Crippen LogP contribution in [0.15, 0.2) is 24.4 Å². The maximum atomic E-state index is 14.2. The van der Waals surface area contributed by atoms with E-state index in [1.807, 2.05) is 0 Å². The lowest BCUT2D eigenvalue weighted by Crippen LogP contribution is -2.21. The van der Waals surface area contributed by atoms with Crippen LogP contribution >= 0.6 is 0 Å². The molecule has 0 fully saturated rings. The predicted octanol–water partition coefficient (Wildman–Crippen LogP) is 3.30. The lowest BCUT2D eigenvalue weighted by molar-refractivity contribution is 0.0956. The van der Waals surface area contributed by atoms with Crippen molar-refractivity contribution in [2.24, 2.45) is 0 Å². The third kappa shape index (κ3) is 4.54. The molecule has 1 aromatic carbocycles. The quantitative estimate of drug-likeness (QED) is 0.618. The third-order valence-corrected chi connectivity index (χ3v) is 4.47. The molecule has 1 amide bonds. The van der Waals surface area contributed by atoms with Gasteiger partial charge in [0.1, 0.15) is 6.61 Å². The lowest BCUT2D eigenvalue weighted by Gasteiger charge is -2.12. The van der Waals surface area contributed by atoms with E-state index >= 15 is 0 Å². The van der Waals surface area contributed by atoms with Crippen molar-refractivity contribution >= 4 is 17.4 Å². The molecule has 0 bridgehead atoms. The normalized spacial score (nSPS) is 13.3. The maximum absolute atomic E-state index is 14.2. The summed E-state index contributed by atoms with van der Waals surface area (Å²) in [5, 5.41) is 5.82. The Bertz CT molecular complexity index is 832. The Morgan fingerprint density at radius 1 is 1.33 bits per heavy atom. The van der Waals surface area contributed by atoms with E-state index in [9.17, 15) is 14.0 Å². The van der Waals surface area contributed by atoms with E-state index < -0.39 is 11.7 Å². The van der Waals surface area contributed by atoms with Gasteiger partial charge < -0.3 is 20.4 Å². The number of amides is 1. The number of carbonyl (C=O) groups is 2. The number of benzene rings is 1. The number of ketones is 1. The molecule has 1 heterocycles. The van der Waals surface area contributed by atoms with Gasteiger partial charge >= 0.3 is 0 Å². The van der Waals surface area contributed by atoms with E-state index in [0.29, 0.717) is 36.4 Å². The second-order valence-electron chi connectivity index (χ2n) is 6.53. The molecule has 3 rings (SSSR count). The minimum Gasteiger partial charge on any atom is -0.489 e. The number of hydrogen-bond donors (Lipinski definition) is 3. The average Bonchev–Trinajstić information content (AvgIpc) is 3.09. The van der Waals surface area contributed by atoms with Gasteiger partial charge in [0, 0.05) is 36.6 Å². The first kappa shape index (κ1) is 19.1. The second-order valence-corrected chi connectivity index (χ2v) is 6.53. The number of carbonyl (C=O) groups excluding carboxylic acids is 2. The molecule has 1 aliphatic rings. The first-order valence-electron chi connectivity index (χ1n) is 9.28. The smallest absolute Gasteiger partial charge is 0.257 e. The number of hydrogen-bond acceptors (Lipinski definition) is 4. The number of nitrogens with one attached hydrogen (secondary N) is 3. The van der Waals surface area contributed by atoms with Gasteiger partial charge in [0.2, 0.25) is 0 Å². The summed E-state index contributed by atoms with van der Waals surface area (Å²) in [6.45, 7) is 3.96. The number of aryl methyl sites for hydroxylation is 1. The molecule has 0 unspecified atom stereocenters. The topological polar surface area (TPSA) is 83.2 Å². The highest BCUT2D eigenvalue weighted by molar-refractivity contribution is 6.13. The molecule has 0 spiro atoms. The summed E-state index contributed by atoms with van der Waals surface area (Å²) < 4.78 is 19.6. The Labute approximate surface area is 157 Å². The molecule has 0 saturated heterocycles. The molecule has 27 heavy (non-hydrogen) atoms. The van der Waals surface area contributed by atoms with Gasteiger partial charge in [-0.3, -0.25) is 9.59 Å². The maximum Gasteiger partial charge on any atom is 0.257 e. The van der Waals surface area contributed by atoms with Crippen molar-refractivity contribution in [3.63, 3.8) is 0 Å². The van der Waals surface area contributed by atoms with Crippen LogP contribution in [0.5, 0.6) is 5.75 Å². The summed E-state index contributed by atoms with van der Waals surface area (Å²) in [7, 11) is 0. The van der Waals surface area contributed by atoms with Crippen LogP contribution in [0.3, 0.4) is 0 Å². The van der Waals surface area contributed by atoms with Crippen molar-refractivity contribution in [1.82, 2.24) is 10.3 Å². The molecule has 0 saturated carbocycles. The summed E-state index contributed by atoms with van der Waals surface area (Å²) in [5.74, 6) is -0.871. The lowest BCUT2D eigenvalue weighted by atomic mass is 9.93. The number of ether oxygens (including phenoxy) is 1. The predicted molar refractivity (Wildman–Crippen MR) is 101 cm³/mol. The molecule has 1 aliphatic carbocycles. The van der Waals surface area contributed by atoms with Crippen LogP contribution in [0.1, 0.15) is 52.6 Å². The van der Waals surface area contributed by atoms with Gasteiger partial charge in [-0.05, 0) is 37.9 Å². The minimum atomic E-state index is -0.546. The summed E-state index contributed by atoms with van der Waals surface area (Å²) in [6, 6.07) is 4.28. The Kier molecular flexibility index (Phi) is 6.24. The van der Waals surface area contributed by atoms with E-state index in [1.54, 1.807) is 12.3 Å². The number of Topliss-reactive ketones (excluding diaryl/α,β-unsaturated/α-hetero) is 1. The summed E-state index contributed by atoms with van der Waals surface area (Å²) in [6.07, 6.45) is 4.55. The van der Waals surface area contributed by atoms with Crippen molar-refractivity contribution in [3.8, 4) is 5.75 Å². The molecule has 1 aromatic heterocycles. The highest BCUT2D eigenvalue weighted by Gasteiger charge is 2.26. The summed E-state index contributed by atoms with van der Waals surface area (Å²) in [4.78, 5) is 27.6. The first-order chi connectivity index (χ1) is 13.1. The standard InChI is InChI=1S/C20H24FN3O3/c1-2-8-22-9-10-27-18-7-6-13(11-15(18)21)24-20(26)14-12-23-16-4-3-5-17(25)19(14)16/h6-7,11-12,22-23H,2-5,8-10H2,1H3,(H,24,26)/i15+2. The van der Waals surface area contributed by atoms with Gasteiger partial charge in [0.25, 0.3) is 5.91 Å². The average molecular weight is 375 g/mol. The van der Waals surface area contributed by atoms with E-state index in [4.69, 9.17) is 4.74 Å². The molecule has 0 radical (unpaired) electrons. The molecule has 0 aliphatic heterocycles. The zero-order chi connectivity index (χ0) is 19.2. The van der Waals surface area contributed by atoms with Crippen LogP contribution in [-0.4, -0.2) is 36.4 Å². The van der Waals surface area contributed by atoms with Crippen molar-refractivity contribution in [2.75, 3.05) is 25.0 Å². The van der Waals surface area contributed by atoms with Gasteiger partial charge in [-0.15, -0.1) is 0 Å². The highest BCUT2D eigenvalue weighted by Crippen LogP contribution is 2.26. The molecular weight excluding hydrogens is 351 g/mol. The minimum absolute atomic E-state index is 0.0331. The molecule has 0 atom stereocenters. The molecular formula is C20H24FN3O3. The van der Waals surface area contributed by atoms with Crippen LogP contribution in [0.4, 0.5) is 10.1 Å². The fourth-order valence-corrected chi connectivity index (χ4v) is 3.14. The number of aromatic nitrogens is 1. The van der Waals surface area contributed by atoms with Gasteiger partial charge in [-0.1, -0.05) is 6.92 Å². The third-order valence-electron chi connectivity index (χ3n) is 4.47. The highest BCUT2D eigenvalue weighted by atomic mass is 19.2. The Morgan fingerprint density at radius 2 is 2.19 bits per heavy atom. The van der Waals surface area contributed by atoms with E-state index in [1.165, 1.54) is 12.1 Å². The Balaban J connectivity index is 1.63. The number of halogens is 1. The van der Waals surface area contributed by atoms with E-state index in [2.05, 4.69) is 22.5 Å². The number of aromatic amines is 1. The molecule has 144 valence electrons. The zero-order valence-electron chi connectivity index (χ0n) is 15.4.